The van der Waals surface area contributed by atoms with E-state index >= 15 is 0 Å². The standard InChI is InChI=1S/C15H14ClN3O3/c1-9-11(16)5-2-6-12(9)19-13(20)8-18-15(22)10-4-3-7-17-14(10)21/h2-7H,8H2,1H3,(H,17,21)(H,18,22)(H,19,20). The number of H-pyrrole nitrogens is 1. The van der Waals surface area contributed by atoms with Crippen LogP contribution in [0, 0.1) is 6.92 Å². The van der Waals surface area contributed by atoms with Gasteiger partial charge in [0.1, 0.15) is 5.56 Å². The largest absolute Gasteiger partial charge is 0.343 e. The molecular formula is C15H14ClN3O3. The van der Waals surface area contributed by atoms with Crippen LogP contribution in [0.25, 0.3) is 0 Å². The third-order valence-corrected chi connectivity index (χ3v) is 3.42. The Kier molecular flexibility index (Phi) is 4.95. The second-order valence-electron chi connectivity index (χ2n) is 4.56. The fourth-order valence-electron chi connectivity index (χ4n) is 1.79. The maximum atomic E-state index is 11.8. The van der Waals surface area contributed by atoms with Crippen LogP contribution in [0.3, 0.4) is 0 Å². The molecule has 0 unspecified atom stereocenters. The van der Waals surface area contributed by atoms with Crippen LogP contribution in [-0.4, -0.2) is 23.3 Å². The number of nitrogens with one attached hydrogen (secondary N) is 3. The third kappa shape index (κ3) is 3.73. The number of carbonyl (C=O) groups is 2. The van der Waals surface area contributed by atoms with Gasteiger partial charge in [0.15, 0.2) is 0 Å². The minimum atomic E-state index is -0.611. The van der Waals surface area contributed by atoms with E-state index < -0.39 is 17.4 Å². The highest BCUT2D eigenvalue weighted by molar-refractivity contribution is 6.31. The van der Waals surface area contributed by atoms with E-state index in [1.54, 1.807) is 25.1 Å². The molecule has 2 amide bonds. The van der Waals surface area contributed by atoms with Crippen molar-refractivity contribution in [2.75, 3.05) is 11.9 Å². The van der Waals surface area contributed by atoms with Crippen molar-refractivity contribution in [3.63, 3.8) is 0 Å². The minimum Gasteiger partial charge on any atom is -0.343 e. The molecule has 7 heteroatoms. The predicted octanol–water partition coefficient (Wildman–Crippen LogP) is 1.71. The van der Waals surface area contributed by atoms with Crippen LogP contribution in [0.5, 0.6) is 0 Å². The van der Waals surface area contributed by atoms with Gasteiger partial charge in [-0.1, -0.05) is 17.7 Å². The van der Waals surface area contributed by atoms with Crippen molar-refractivity contribution >= 4 is 29.1 Å². The summed E-state index contributed by atoms with van der Waals surface area (Å²) in [5.74, 6) is -1.02. The van der Waals surface area contributed by atoms with Crippen LogP contribution in [0.2, 0.25) is 5.02 Å². The topological polar surface area (TPSA) is 91.1 Å². The Bertz CT molecular complexity index is 771. The Hall–Kier alpha value is -2.60. The number of carbonyl (C=O) groups excluding carboxylic acids is 2. The smallest absolute Gasteiger partial charge is 0.260 e. The molecular weight excluding hydrogens is 306 g/mol. The molecule has 0 saturated carbocycles. The minimum absolute atomic E-state index is 0.0470. The molecule has 0 spiro atoms. The van der Waals surface area contributed by atoms with Crippen molar-refractivity contribution in [2.45, 2.75) is 6.92 Å². The van der Waals surface area contributed by atoms with E-state index in [2.05, 4.69) is 15.6 Å². The van der Waals surface area contributed by atoms with Crippen LogP contribution in [0.15, 0.2) is 41.3 Å². The summed E-state index contributed by atoms with van der Waals surface area (Å²) < 4.78 is 0. The van der Waals surface area contributed by atoms with Gasteiger partial charge in [-0.05, 0) is 36.8 Å². The number of halogens is 1. The number of hydrogen-bond acceptors (Lipinski definition) is 3. The number of benzene rings is 1. The lowest BCUT2D eigenvalue weighted by molar-refractivity contribution is -0.115. The molecule has 0 aliphatic rings. The second kappa shape index (κ2) is 6.91. The van der Waals surface area contributed by atoms with Crippen LogP contribution < -0.4 is 16.2 Å². The van der Waals surface area contributed by atoms with Gasteiger partial charge >= 0.3 is 0 Å². The van der Waals surface area contributed by atoms with Crippen molar-refractivity contribution in [3.05, 3.63) is 63.0 Å². The van der Waals surface area contributed by atoms with Crippen molar-refractivity contribution in [2.24, 2.45) is 0 Å². The zero-order chi connectivity index (χ0) is 16.1. The van der Waals surface area contributed by atoms with Gasteiger partial charge in [-0.15, -0.1) is 0 Å². The van der Waals surface area contributed by atoms with Gasteiger partial charge < -0.3 is 15.6 Å². The average Bonchev–Trinajstić information content (AvgIpc) is 2.50. The molecule has 6 nitrogen and oxygen atoms in total. The van der Waals surface area contributed by atoms with E-state index in [-0.39, 0.29) is 12.1 Å². The molecule has 0 saturated heterocycles. The number of amides is 2. The number of aromatic nitrogens is 1. The number of hydrogen-bond donors (Lipinski definition) is 3. The molecule has 0 fully saturated rings. The zero-order valence-corrected chi connectivity index (χ0v) is 12.5. The van der Waals surface area contributed by atoms with Gasteiger partial charge in [0, 0.05) is 16.9 Å². The van der Waals surface area contributed by atoms with Gasteiger partial charge in [0.05, 0.1) is 6.54 Å². The molecule has 0 radical (unpaired) electrons. The summed E-state index contributed by atoms with van der Waals surface area (Å²) in [5, 5.41) is 5.58. The molecule has 114 valence electrons. The Morgan fingerprint density at radius 1 is 1.23 bits per heavy atom. The molecule has 1 aromatic heterocycles. The molecule has 2 aromatic rings. The van der Waals surface area contributed by atoms with Crippen molar-refractivity contribution < 1.29 is 9.59 Å². The molecule has 0 aliphatic heterocycles. The third-order valence-electron chi connectivity index (χ3n) is 3.01. The number of aromatic amines is 1. The first-order chi connectivity index (χ1) is 10.5. The van der Waals surface area contributed by atoms with Crippen molar-refractivity contribution in [3.8, 4) is 0 Å². The molecule has 3 N–H and O–H groups in total. The highest BCUT2D eigenvalue weighted by Crippen LogP contribution is 2.22. The normalized spacial score (nSPS) is 10.1. The van der Waals surface area contributed by atoms with Crippen LogP contribution in [-0.2, 0) is 4.79 Å². The first kappa shape index (κ1) is 15.8. The molecule has 2 rings (SSSR count). The predicted molar refractivity (Wildman–Crippen MR) is 84.2 cm³/mol. The number of rotatable bonds is 4. The summed E-state index contributed by atoms with van der Waals surface area (Å²) in [6, 6.07) is 8.06. The lowest BCUT2D eigenvalue weighted by atomic mass is 10.2. The Morgan fingerprint density at radius 2 is 2.00 bits per heavy atom. The summed E-state index contributed by atoms with van der Waals surface area (Å²) in [7, 11) is 0. The average molecular weight is 320 g/mol. The highest BCUT2D eigenvalue weighted by atomic mass is 35.5. The molecule has 0 aliphatic carbocycles. The van der Waals surface area contributed by atoms with E-state index in [0.29, 0.717) is 10.7 Å². The Labute approximate surface area is 131 Å². The molecule has 1 heterocycles. The second-order valence-corrected chi connectivity index (χ2v) is 4.96. The van der Waals surface area contributed by atoms with Crippen LogP contribution in [0.1, 0.15) is 15.9 Å². The van der Waals surface area contributed by atoms with E-state index in [9.17, 15) is 14.4 Å². The van der Waals surface area contributed by atoms with E-state index in [4.69, 9.17) is 11.6 Å². The van der Waals surface area contributed by atoms with E-state index in [1.165, 1.54) is 18.3 Å². The van der Waals surface area contributed by atoms with Gasteiger partial charge in [0.25, 0.3) is 11.5 Å². The number of pyridine rings is 1. The summed E-state index contributed by atoms with van der Waals surface area (Å²) in [6.45, 7) is 1.53. The van der Waals surface area contributed by atoms with Crippen LogP contribution >= 0.6 is 11.6 Å². The van der Waals surface area contributed by atoms with E-state index in [1.807, 2.05) is 0 Å². The van der Waals surface area contributed by atoms with Gasteiger partial charge in [-0.2, -0.15) is 0 Å². The zero-order valence-electron chi connectivity index (χ0n) is 11.8. The SMILES string of the molecule is Cc1c(Cl)cccc1NC(=O)CNC(=O)c1ccc[nH]c1=O. The maximum Gasteiger partial charge on any atom is 0.260 e. The van der Waals surface area contributed by atoms with Gasteiger partial charge in [-0.3, -0.25) is 14.4 Å². The summed E-state index contributed by atoms with van der Waals surface area (Å²) >= 11 is 5.96. The molecule has 22 heavy (non-hydrogen) atoms. The number of anilines is 1. The Balaban J connectivity index is 1.96. The first-order valence-electron chi connectivity index (χ1n) is 6.50. The maximum absolute atomic E-state index is 11.8. The van der Waals surface area contributed by atoms with E-state index in [0.717, 1.165) is 5.56 Å². The Morgan fingerprint density at radius 3 is 2.73 bits per heavy atom. The van der Waals surface area contributed by atoms with Crippen molar-refractivity contribution in [1.29, 1.82) is 0 Å². The summed E-state index contributed by atoms with van der Waals surface area (Å²) in [5.41, 5.74) is 0.757. The lowest BCUT2D eigenvalue weighted by Crippen LogP contribution is -2.35. The summed E-state index contributed by atoms with van der Waals surface area (Å²) in [4.78, 5) is 37.5. The molecule has 1 aromatic carbocycles. The van der Waals surface area contributed by atoms with Crippen LogP contribution in [0.4, 0.5) is 5.69 Å². The fourth-order valence-corrected chi connectivity index (χ4v) is 1.97. The molecule has 0 atom stereocenters. The lowest BCUT2D eigenvalue weighted by Gasteiger charge is -2.10. The fraction of sp³-hybridized carbons (Fsp3) is 0.133. The first-order valence-corrected chi connectivity index (χ1v) is 6.87. The summed E-state index contributed by atoms with van der Waals surface area (Å²) in [6.07, 6.45) is 1.42. The monoisotopic (exact) mass is 319 g/mol. The quantitative estimate of drug-likeness (QED) is 0.801. The highest BCUT2D eigenvalue weighted by Gasteiger charge is 2.12. The van der Waals surface area contributed by atoms with Crippen molar-refractivity contribution in [1.82, 2.24) is 10.3 Å². The molecule has 0 bridgehead atoms. The van der Waals surface area contributed by atoms with Gasteiger partial charge in [0.2, 0.25) is 5.91 Å². The van der Waals surface area contributed by atoms with Gasteiger partial charge in [-0.25, -0.2) is 0 Å².